The van der Waals surface area contributed by atoms with Crippen molar-refractivity contribution in [3.63, 3.8) is 0 Å². The second kappa shape index (κ2) is 5.90. The highest BCUT2D eigenvalue weighted by atomic mass is 35.5. The van der Waals surface area contributed by atoms with Gasteiger partial charge in [0.25, 0.3) is 0 Å². The van der Waals surface area contributed by atoms with Crippen LogP contribution in [0.5, 0.6) is 0 Å². The highest BCUT2D eigenvalue weighted by Crippen LogP contribution is 2.28. The van der Waals surface area contributed by atoms with Gasteiger partial charge in [-0.1, -0.05) is 11.6 Å². The van der Waals surface area contributed by atoms with Crippen LogP contribution in [0, 0.1) is 18.3 Å². The van der Waals surface area contributed by atoms with Crippen LogP contribution >= 0.6 is 23.4 Å². The van der Waals surface area contributed by atoms with Gasteiger partial charge in [-0.3, -0.25) is 0 Å². The zero-order chi connectivity index (χ0) is 14.7. The number of carbonyl (C=O) groups is 1. The molecule has 2 aromatic rings. The Kier molecular flexibility index (Phi) is 4.23. The minimum Gasteiger partial charge on any atom is -0.478 e. The number of aryl methyl sites for hydroxylation is 1. The molecule has 20 heavy (non-hydrogen) atoms. The van der Waals surface area contributed by atoms with E-state index in [1.807, 2.05) is 6.07 Å². The van der Waals surface area contributed by atoms with Gasteiger partial charge in [-0.25, -0.2) is 14.8 Å². The quantitative estimate of drug-likeness (QED) is 0.876. The van der Waals surface area contributed by atoms with Crippen molar-refractivity contribution in [2.75, 3.05) is 0 Å². The third kappa shape index (κ3) is 3.26. The molecule has 1 aromatic carbocycles. The molecular weight excluding hydrogens is 298 g/mol. The molecule has 0 unspecified atom stereocenters. The Morgan fingerprint density at radius 3 is 2.80 bits per heavy atom. The lowest BCUT2D eigenvalue weighted by Gasteiger charge is -2.04. The van der Waals surface area contributed by atoms with Gasteiger partial charge in [0, 0.05) is 10.6 Å². The van der Waals surface area contributed by atoms with Crippen molar-refractivity contribution < 1.29 is 9.90 Å². The SMILES string of the molecule is Cc1cc(C#N)nc(Sc2ccc(Cl)c(C(=O)O)c2)n1. The number of benzene rings is 1. The predicted molar refractivity (Wildman–Crippen MR) is 74.0 cm³/mol. The Labute approximate surface area is 124 Å². The van der Waals surface area contributed by atoms with Gasteiger partial charge in [-0.15, -0.1) is 0 Å². The van der Waals surface area contributed by atoms with Gasteiger partial charge in [-0.05, 0) is 43.0 Å². The number of carboxylic acid groups (broad SMARTS) is 1. The molecule has 0 aliphatic rings. The van der Waals surface area contributed by atoms with E-state index in [9.17, 15) is 4.79 Å². The van der Waals surface area contributed by atoms with Crippen LogP contribution in [-0.2, 0) is 0 Å². The third-order valence-electron chi connectivity index (χ3n) is 2.33. The van der Waals surface area contributed by atoms with Crippen LogP contribution in [0.2, 0.25) is 5.02 Å². The number of carboxylic acids is 1. The van der Waals surface area contributed by atoms with Crippen LogP contribution in [0.4, 0.5) is 0 Å². The average Bonchev–Trinajstić information content (AvgIpc) is 2.40. The Hall–Kier alpha value is -2.10. The molecule has 0 saturated carbocycles. The van der Waals surface area contributed by atoms with Gasteiger partial charge in [0.05, 0.1) is 10.6 Å². The minimum absolute atomic E-state index is 0.0184. The summed E-state index contributed by atoms with van der Waals surface area (Å²) in [6.07, 6.45) is 0. The Morgan fingerprint density at radius 2 is 2.15 bits per heavy atom. The van der Waals surface area contributed by atoms with E-state index in [1.54, 1.807) is 19.1 Å². The maximum absolute atomic E-state index is 11.0. The third-order valence-corrected chi connectivity index (χ3v) is 3.51. The molecule has 100 valence electrons. The Bertz CT molecular complexity index is 728. The first-order chi connectivity index (χ1) is 9.49. The molecule has 1 aromatic heterocycles. The fourth-order valence-corrected chi connectivity index (χ4v) is 2.54. The van der Waals surface area contributed by atoms with Crippen molar-refractivity contribution in [1.82, 2.24) is 9.97 Å². The number of hydrogen-bond donors (Lipinski definition) is 1. The summed E-state index contributed by atoms with van der Waals surface area (Å²) >= 11 is 6.98. The van der Waals surface area contributed by atoms with E-state index < -0.39 is 5.97 Å². The van der Waals surface area contributed by atoms with Crippen molar-refractivity contribution in [1.29, 1.82) is 5.26 Å². The highest BCUT2D eigenvalue weighted by Gasteiger charge is 2.11. The molecule has 5 nitrogen and oxygen atoms in total. The van der Waals surface area contributed by atoms with E-state index in [1.165, 1.54) is 23.9 Å². The topological polar surface area (TPSA) is 86.9 Å². The summed E-state index contributed by atoms with van der Waals surface area (Å²) in [6.45, 7) is 1.76. The summed E-state index contributed by atoms with van der Waals surface area (Å²) in [6, 6.07) is 8.17. The Balaban J connectivity index is 2.35. The van der Waals surface area contributed by atoms with Crippen LogP contribution in [0.25, 0.3) is 0 Å². The monoisotopic (exact) mass is 305 g/mol. The molecule has 0 saturated heterocycles. The van der Waals surface area contributed by atoms with Gasteiger partial charge in [-0.2, -0.15) is 5.26 Å². The van der Waals surface area contributed by atoms with Gasteiger partial charge in [0.2, 0.25) is 0 Å². The van der Waals surface area contributed by atoms with E-state index in [0.717, 1.165) is 0 Å². The zero-order valence-electron chi connectivity index (χ0n) is 10.3. The summed E-state index contributed by atoms with van der Waals surface area (Å²) in [5, 5.41) is 18.4. The summed E-state index contributed by atoms with van der Waals surface area (Å²) in [7, 11) is 0. The van der Waals surface area contributed by atoms with Crippen LogP contribution in [-0.4, -0.2) is 21.0 Å². The summed E-state index contributed by atoms with van der Waals surface area (Å²) < 4.78 is 0. The second-order valence-electron chi connectivity index (χ2n) is 3.84. The molecule has 0 radical (unpaired) electrons. The maximum atomic E-state index is 11.0. The second-order valence-corrected chi connectivity index (χ2v) is 5.29. The van der Waals surface area contributed by atoms with Gasteiger partial charge < -0.3 is 5.11 Å². The molecule has 0 aliphatic heterocycles. The number of rotatable bonds is 3. The first-order valence-electron chi connectivity index (χ1n) is 5.46. The van der Waals surface area contributed by atoms with Crippen molar-refractivity contribution >= 4 is 29.3 Å². The van der Waals surface area contributed by atoms with Crippen molar-refractivity contribution in [3.05, 3.63) is 46.2 Å². The average molecular weight is 306 g/mol. The molecule has 1 heterocycles. The van der Waals surface area contributed by atoms with Crippen molar-refractivity contribution in [2.45, 2.75) is 17.0 Å². The normalized spacial score (nSPS) is 10.1. The maximum Gasteiger partial charge on any atom is 0.337 e. The number of aromatic nitrogens is 2. The van der Waals surface area contributed by atoms with E-state index in [-0.39, 0.29) is 16.3 Å². The molecule has 0 fully saturated rings. The molecule has 0 amide bonds. The first-order valence-corrected chi connectivity index (χ1v) is 6.65. The number of hydrogen-bond acceptors (Lipinski definition) is 5. The molecule has 0 bridgehead atoms. The lowest BCUT2D eigenvalue weighted by molar-refractivity contribution is 0.0697. The van der Waals surface area contributed by atoms with Crippen LogP contribution in [0.3, 0.4) is 0 Å². The molecule has 0 spiro atoms. The van der Waals surface area contributed by atoms with Gasteiger partial charge in [0.1, 0.15) is 11.8 Å². The highest BCUT2D eigenvalue weighted by molar-refractivity contribution is 7.99. The summed E-state index contributed by atoms with van der Waals surface area (Å²) in [4.78, 5) is 19.9. The summed E-state index contributed by atoms with van der Waals surface area (Å²) in [5.41, 5.74) is 0.962. The molecule has 0 aliphatic carbocycles. The number of nitrogens with zero attached hydrogens (tertiary/aromatic N) is 3. The zero-order valence-corrected chi connectivity index (χ0v) is 11.9. The molecule has 7 heteroatoms. The fourth-order valence-electron chi connectivity index (χ4n) is 1.48. The molecular formula is C13H8ClN3O2S. The minimum atomic E-state index is -1.10. The van der Waals surface area contributed by atoms with Crippen LogP contribution in [0.15, 0.2) is 34.3 Å². The first kappa shape index (κ1) is 14.3. The largest absolute Gasteiger partial charge is 0.478 e. The van der Waals surface area contributed by atoms with Gasteiger partial charge in [0.15, 0.2) is 5.16 Å². The van der Waals surface area contributed by atoms with Gasteiger partial charge >= 0.3 is 5.97 Å². The standard InChI is InChI=1S/C13H8ClN3O2S/c1-7-4-8(6-15)17-13(16-7)20-9-2-3-11(14)10(5-9)12(18)19/h2-5H,1H3,(H,18,19). The van der Waals surface area contributed by atoms with Crippen molar-refractivity contribution in [2.24, 2.45) is 0 Å². The fraction of sp³-hybridized carbons (Fsp3) is 0.0769. The van der Waals surface area contributed by atoms with E-state index in [2.05, 4.69) is 9.97 Å². The number of nitriles is 1. The lowest BCUT2D eigenvalue weighted by atomic mass is 10.2. The predicted octanol–water partition coefficient (Wildman–Crippen LogP) is 3.16. The lowest BCUT2D eigenvalue weighted by Crippen LogP contribution is -1.98. The van der Waals surface area contributed by atoms with E-state index in [4.69, 9.17) is 22.0 Å². The summed E-state index contributed by atoms with van der Waals surface area (Å²) in [5.74, 6) is -1.10. The van der Waals surface area contributed by atoms with E-state index >= 15 is 0 Å². The Morgan fingerprint density at radius 1 is 1.40 bits per heavy atom. The molecule has 1 N–H and O–H groups in total. The van der Waals surface area contributed by atoms with E-state index in [0.29, 0.717) is 15.7 Å². The smallest absolute Gasteiger partial charge is 0.337 e. The molecule has 2 rings (SSSR count). The number of aromatic carboxylic acids is 1. The molecule has 0 atom stereocenters. The number of halogens is 1. The van der Waals surface area contributed by atoms with Crippen LogP contribution in [0.1, 0.15) is 21.7 Å². The van der Waals surface area contributed by atoms with Crippen molar-refractivity contribution in [3.8, 4) is 6.07 Å². The van der Waals surface area contributed by atoms with Crippen LogP contribution < -0.4 is 0 Å².